The van der Waals surface area contributed by atoms with E-state index in [4.69, 9.17) is 4.52 Å². The first kappa shape index (κ1) is 17.8. The van der Waals surface area contributed by atoms with Gasteiger partial charge in [0.05, 0.1) is 10.6 Å². The number of non-ortho nitro benzene ring substituents is 1. The maximum Gasteiger partial charge on any atom is 0.271 e. The number of benzene rings is 2. The molecule has 8 heteroatoms. The van der Waals surface area contributed by atoms with E-state index in [2.05, 4.69) is 10.1 Å². The van der Waals surface area contributed by atoms with Crippen molar-refractivity contribution in [3.8, 4) is 11.4 Å². The summed E-state index contributed by atoms with van der Waals surface area (Å²) in [6.07, 6.45) is 1.53. The summed E-state index contributed by atoms with van der Waals surface area (Å²) in [5.74, 6) is 0.442. The van der Waals surface area contributed by atoms with Crippen LogP contribution in [0.5, 0.6) is 0 Å². The van der Waals surface area contributed by atoms with Crippen molar-refractivity contribution in [1.82, 2.24) is 10.1 Å². The molecule has 3 aromatic rings. The summed E-state index contributed by atoms with van der Waals surface area (Å²) >= 11 is 0. The lowest BCUT2D eigenvalue weighted by Crippen LogP contribution is -2.36. The quantitative estimate of drug-likeness (QED) is 0.509. The van der Waals surface area contributed by atoms with Crippen molar-refractivity contribution in [3.05, 3.63) is 69.6 Å². The molecule has 0 saturated heterocycles. The molecule has 2 heterocycles. The molecule has 0 unspecified atom stereocenters. The van der Waals surface area contributed by atoms with Gasteiger partial charge in [-0.15, -0.1) is 0 Å². The molecule has 0 radical (unpaired) electrons. The highest BCUT2D eigenvalue weighted by molar-refractivity contribution is 5.95. The van der Waals surface area contributed by atoms with Crippen LogP contribution in [0.1, 0.15) is 23.4 Å². The Morgan fingerprint density at radius 2 is 2.11 bits per heavy atom. The fourth-order valence-electron chi connectivity index (χ4n) is 3.42. The number of aryl methyl sites for hydroxylation is 2. The van der Waals surface area contributed by atoms with Crippen LogP contribution in [0.15, 0.2) is 47.0 Å². The number of nitro groups is 1. The van der Waals surface area contributed by atoms with E-state index in [0.717, 1.165) is 29.5 Å². The average Bonchev–Trinajstić information content (AvgIpc) is 3.15. The van der Waals surface area contributed by atoms with Crippen LogP contribution in [-0.2, 0) is 17.6 Å². The molecule has 1 aliphatic rings. The maximum atomic E-state index is 12.9. The van der Waals surface area contributed by atoms with Crippen molar-refractivity contribution >= 4 is 17.3 Å². The van der Waals surface area contributed by atoms with Crippen LogP contribution < -0.4 is 4.90 Å². The number of rotatable bonds is 4. The number of carbonyl (C=O) groups is 1. The number of nitro benzene ring substituents is 1. The highest BCUT2D eigenvalue weighted by atomic mass is 16.6. The fourth-order valence-corrected chi connectivity index (χ4v) is 3.42. The molecule has 0 spiro atoms. The van der Waals surface area contributed by atoms with Crippen LogP contribution in [-0.4, -0.2) is 27.5 Å². The van der Waals surface area contributed by atoms with E-state index in [1.165, 1.54) is 12.1 Å². The van der Waals surface area contributed by atoms with Crippen molar-refractivity contribution < 1.29 is 14.2 Å². The molecular formula is C20H18N4O4. The molecule has 142 valence electrons. The van der Waals surface area contributed by atoms with Crippen LogP contribution in [0, 0.1) is 17.0 Å². The molecule has 1 aliphatic heterocycles. The first-order valence-electron chi connectivity index (χ1n) is 8.99. The molecule has 8 nitrogen and oxygen atoms in total. The minimum absolute atomic E-state index is 0.0296. The van der Waals surface area contributed by atoms with Gasteiger partial charge in [-0.25, -0.2) is 0 Å². The summed E-state index contributed by atoms with van der Waals surface area (Å²) in [7, 11) is 0. The Balaban J connectivity index is 1.57. The highest BCUT2D eigenvalue weighted by Crippen LogP contribution is 2.31. The second kappa shape index (κ2) is 7.22. The first-order valence-corrected chi connectivity index (χ1v) is 8.99. The molecule has 1 aromatic heterocycles. The first-order chi connectivity index (χ1) is 13.5. The maximum absolute atomic E-state index is 12.9. The summed E-state index contributed by atoms with van der Waals surface area (Å²) in [6, 6.07) is 12.3. The summed E-state index contributed by atoms with van der Waals surface area (Å²) < 4.78 is 5.27. The Hall–Kier alpha value is -3.55. The number of hydrogen-bond donors (Lipinski definition) is 0. The van der Waals surface area contributed by atoms with Gasteiger partial charge < -0.3 is 9.42 Å². The van der Waals surface area contributed by atoms with Gasteiger partial charge in [0.25, 0.3) is 5.69 Å². The van der Waals surface area contributed by atoms with E-state index in [-0.39, 0.29) is 23.9 Å². The Labute approximate surface area is 160 Å². The average molecular weight is 378 g/mol. The van der Waals surface area contributed by atoms with Crippen LogP contribution in [0.2, 0.25) is 0 Å². The monoisotopic (exact) mass is 378 g/mol. The molecule has 2 aromatic carbocycles. The molecule has 0 bridgehead atoms. The van der Waals surface area contributed by atoms with Gasteiger partial charge in [0.2, 0.25) is 17.6 Å². The van der Waals surface area contributed by atoms with E-state index >= 15 is 0 Å². The SMILES string of the molecule is Cc1ccccc1-c1noc(CC(=O)N2CCCc3ccc([N+](=O)[O-])cc32)n1. The molecule has 4 rings (SSSR count). The van der Waals surface area contributed by atoms with Gasteiger partial charge in [-0.05, 0) is 30.9 Å². The second-order valence-corrected chi connectivity index (χ2v) is 6.72. The van der Waals surface area contributed by atoms with Crippen molar-refractivity contribution in [1.29, 1.82) is 0 Å². The van der Waals surface area contributed by atoms with Crippen LogP contribution in [0.25, 0.3) is 11.4 Å². The third-order valence-electron chi connectivity index (χ3n) is 4.86. The van der Waals surface area contributed by atoms with Crippen LogP contribution >= 0.6 is 0 Å². The standard InChI is InChI=1S/C20H18N4O4/c1-13-5-2-3-7-16(13)20-21-18(28-22-20)12-19(25)23-10-4-6-14-8-9-15(24(26)27)11-17(14)23/h2-3,5,7-9,11H,4,6,10,12H2,1H3. The predicted octanol–water partition coefficient (Wildman–Crippen LogP) is 3.48. The third kappa shape index (κ3) is 3.36. The zero-order valence-corrected chi connectivity index (χ0v) is 15.3. The van der Waals surface area contributed by atoms with E-state index < -0.39 is 4.92 Å². The minimum Gasteiger partial charge on any atom is -0.338 e. The normalized spacial score (nSPS) is 13.2. The Morgan fingerprint density at radius 3 is 2.89 bits per heavy atom. The van der Waals surface area contributed by atoms with Gasteiger partial charge in [-0.1, -0.05) is 35.5 Å². The fraction of sp³-hybridized carbons (Fsp3) is 0.250. The lowest BCUT2D eigenvalue weighted by atomic mass is 10.0. The lowest BCUT2D eigenvalue weighted by molar-refractivity contribution is -0.384. The van der Waals surface area contributed by atoms with E-state index in [1.54, 1.807) is 11.0 Å². The Kier molecular flexibility index (Phi) is 4.60. The lowest BCUT2D eigenvalue weighted by Gasteiger charge is -2.28. The van der Waals surface area contributed by atoms with Gasteiger partial charge in [0.1, 0.15) is 6.42 Å². The largest absolute Gasteiger partial charge is 0.338 e. The van der Waals surface area contributed by atoms with E-state index in [1.807, 2.05) is 31.2 Å². The van der Waals surface area contributed by atoms with Crippen LogP contribution in [0.3, 0.4) is 0 Å². The summed E-state index contributed by atoms with van der Waals surface area (Å²) in [5.41, 5.74) is 3.35. The van der Waals surface area contributed by atoms with Gasteiger partial charge in [-0.2, -0.15) is 4.98 Å². The highest BCUT2D eigenvalue weighted by Gasteiger charge is 2.26. The number of amides is 1. The molecule has 0 atom stereocenters. The molecule has 28 heavy (non-hydrogen) atoms. The summed E-state index contributed by atoms with van der Waals surface area (Å²) in [4.78, 5) is 29.4. The molecule has 0 aliphatic carbocycles. The molecule has 0 N–H and O–H groups in total. The number of nitrogens with zero attached hydrogens (tertiary/aromatic N) is 4. The molecule has 0 saturated carbocycles. The predicted molar refractivity (Wildman–Crippen MR) is 102 cm³/mol. The number of aromatic nitrogens is 2. The number of anilines is 1. The smallest absolute Gasteiger partial charge is 0.271 e. The zero-order valence-electron chi connectivity index (χ0n) is 15.3. The van der Waals surface area contributed by atoms with Gasteiger partial charge >= 0.3 is 0 Å². The number of hydrogen-bond acceptors (Lipinski definition) is 6. The van der Waals surface area contributed by atoms with Crippen molar-refractivity contribution in [2.24, 2.45) is 0 Å². The zero-order chi connectivity index (χ0) is 19.7. The third-order valence-corrected chi connectivity index (χ3v) is 4.86. The van der Waals surface area contributed by atoms with Crippen molar-refractivity contribution in [3.63, 3.8) is 0 Å². The van der Waals surface area contributed by atoms with Gasteiger partial charge in [0.15, 0.2) is 0 Å². The Morgan fingerprint density at radius 1 is 1.29 bits per heavy atom. The minimum atomic E-state index is -0.454. The summed E-state index contributed by atoms with van der Waals surface area (Å²) in [5, 5.41) is 15.1. The Bertz CT molecular complexity index is 1060. The van der Waals surface area contributed by atoms with Crippen molar-refractivity contribution in [2.45, 2.75) is 26.2 Å². The summed E-state index contributed by atoms with van der Waals surface area (Å²) in [6.45, 7) is 2.46. The molecule has 0 fully saturated rings. The van der Waals surface area contributed by atoms with E-state index in [9.17, 15) is 14.9 Å². The van der Waals surface area contributed by atoms with Gasteiger partial charge in [-0.3, -0.25) is 14.9 Å². The second-order valence-electron chi connectivity index (χ2n) is 6.72. The van der Waals surface area contributed by atoms with Crippen LogP contribution in [0.4, 0.5) is 11.4 Å². The van der Waals surface area contributed by atoms with E-state index in [0.29, 0.717) is 18.1 Å². The molecular weight excluding hydrogens is 360 g/mol. The number of carbonyl (C=O) groups excluding carboxylic acids is 1. The topological polar surface area (TPSA) is 102 Å². The van der Waals surface area contributed by atoms with Gasteiger partial charge in [0, 0.05) is 24.2 Å². The number of fused-ring (bicyclic) bond motifs is 1. The van der Waals surface area contributed by atoms with Crippen molar-refractivity contribution in [2.75, 3.05) is 11.4 Å². The molecule has 1 amide bonds.